The number of amides is 1. The fourth-order valence-corrected chi connectivity index (χ4v) is 4.57. The molecule has 1 heterocycles. The highest BCUT2D eigenvalue weighted by Crippen LogP contribution is 2.39. The molecule has 3 aromatic carbocycles. The first-order chi connectivity index (χ1) is 17.6. The SMILES string of the molecule is CCN(CC)C(=O)Oc1ccc2c(ccn2Cc2ccccc2OC(F)(F)F)c1-c1cc(C)cc(C)c1. The molecule has 0 fully saturated rings. The fourth-order valence-electron chi connectivity index (χ4n) is 4.57. The predicted octanol–water partition coefficient (Wildman–Crippen LogP) is 7.71. The van der Waals surface area contributed by atoms with Crippen LogP contribution < -0.4 is 9.47 Å². The molecule has 0 spiro atoms. The van der Waals surface area contributed by atoms with Crippen molar-refractivity contribution >= 4 is 17.0 Å². The van der Waals surface area contributed by atoms with E-state index in [1.807, 2.05) is 62.7 Å². The first-order valence-electron chi connectivity index (χ1n) is 12.1. The number of rotatable bonds is 7. The van der Waals surface area contributed by atoms with E-state index in [0.29, 0.717) is 24.4 Å². The van der Waals surface area contributed by atoms with Crippen LogP contribution >= 0.6 is 0 Å². The Kier molecular flexibility index (Phi) is 7.47. The van der Waals surface area contributed by atoms with E-state index in [1.165, 1.54) is 12.1 Å². The summed E-state index contributed by atoms with van der Waals surface area (Å²) in [7, 11) is 0. The van der Waals surface area contributed by atoms with E-state index >= 15 is 0 Å². The summed E-state index contributed by atoms with van der Waals surface area (Å²) in [4.78, 5) is 14.4. The maximum atomic E-state index is 12.9. The van der Waals surface area contributed by atoms with E-state index < -0.39 is 12.5 Å². The van der Waals surface area contributed by atoms with Crippen molar-refractivity contribution in [3.8, 4) is 22.6 Å². The molecule has 1 aromatic heterocycles. The summed E-state index contributed by atoms with van der Waals surface area (Å²) in [5, 5.41) is 0.823. The van der Waals surface area contributed by atoms with Gasteiger partial charge in [0.25, 0.3) is 0 Å². The van der Waals surface area contributed by atoms with E-state index in [-0.39, 0.29) is 12.3 Å². The van der Waals surface area contributed by atoms with Gasteiger partial charge in [-0.1, -0.05) is 47.5 Å². The molecule has 0 N–H and O–H groups in total. The van der Waals surface area contributed by atoms with Crippen LogP contribution in [0.15, 0.2) is 66.9 Å². The molecular weight excluding hydrogens is 481 g/mol. The molecule has 0 aliphatic rings. The first kappa shape index (κ1) is 26.1. The van der Waals surface area contributed by atoms with Crippen LogP contribution in [0.5, 0.6) is 11.5 Å². The molecule has 0 unspecified atom stereocenters. The van der Waals surface area contributed by atoms with E-state index in [1.54, 1.807) is 23.1 Å². The summed E-state index contributed by atoms with van der Waals surface area (Å²) >= 11 is 0. The van der Waals surface area contributed by atoms with Gasteiger partial charge in [-0.25, -0.2) is 4.79 Å². The van der Waals surface area contributed by atoms with Gasteiger partial charge >= 0.3 is 12.5 Å². The van der Waals surface area contributed by atoms with Gasteiger partial charge in [0.15, 0.2) is 0 Å². The highest BCUT2D eigenvalue weighted by Gasteiger charge is 2.32. The number of carbonyl (C=O) groups is 1. The van der Waals surface area contributed by atoms with Crippen LogP contribution in [0, 0.1) is 13.8 Å². The lowest BCUT2D eigenvalue weighted by molar-refractivity contribution is -0.274. The molecule has 0 radical (unpaired) electrons. The van der Waals surface area contributed by atoms with Crippen molar-refractivity contribution in [2.75, 3.05) is 13.1 Å². The molecule has 0 saturated carbocycles. The van der Waals surface area contributed by atoms with Gasteiger partial charge in [-0.15, -0.1) is 13.2 Å². The summed E-state index contributed by atoms with van der Waals surface area (Å²) in [6.45, 7) is 8.99. The number of para-hydroxylation sites is 1. The minimum atomic E-state index is -4.78. The van der Waals surface area contributed by atoms with E-state index in [4.69, 9.17) is 4.74 Å². The second-order valence-corrected chi connectivity index (χ2v) is 8.89. The van der Waals surface area contributed by atoms with Gasteiger partial charge < -0.3 is 18.9 Å². The zero-order chi connectivity index (χ0) is 26.7. The van der Waals surface area contributed by atoms with Crippen LogP contribution in [0.3, 0.4) is 0 Å². The van der Waals surface area contributed by atoms with Gasteiger partial charge in [0.05, 0.1) is 6.54 Å². The standard InChI is InChI=1S/C29H29F3N2O3/c1-5-33(6-2)28(35)36-26-12-11-24-23(27(26)22-16-19(3)15-20(4)17-22)13-14-34(24)18-21-9-7-8-10-25(21)37-29(30,31)32/h7-17H,5-6,18H2,1-4H3. The molecule has 0 atom stereocenters. The van der Waals surface area contributed by atoms with Crippen molar-refractivity contribution in [1.29, 1.82) is 0 Å². The van der Waals surface area contributed by atoms with Crippen molar-refractivity contribution in [3.63, 3.8) is 0 Å². The lowest BCUT2D eigenvalue weighted by Crippen LogP contribution is -2.33. The zero-order valence-corrected chi connectivity index (χ0v) is 21.2. The first-order valence-corrected chi connectivity index (χ1v) is 12.1. The summed E-state index contributed by atoms with van der Waals surface area (Å²) in [6.07, 6.45) is -3.40. The van der Waals surface area contributed by atoms with Crippen LogP contribution in [0.4, 0.5) is 18.0 Å². The molecule has 194 valence electrons. The quantitative estimate of drug-likeness (QED) is 0.256. The maximum Gasteiger partial charge on any atom is 0.573 e. The highest BCUT2D eigenvalue weighted by atomic mass is 19.4. The second kappa shape index (κ2) is 10.6. The predicted molar refractivity (Wildman–Crippen MR) is 138 cm³/mol. The number of aryl methyl sites for hydroxylation is 2. The number of fused-ring (bicyclic) bond motifs is 1. The Hall–Kier alpha value is -3.94. The van der Waals surface area contributed by atoms with Crippen LogP contribution in [0.2, 0.25) is 0 Å². The molecule has 5 nitrogen and oxygen atoms in total. The number of halogens is 3. The van der Waals surface area contributed by atoms with Crippen LogP contribution in [0.1, 0.15) is 30.5 Å². The summed E-state index contributed by atoms with van der Waals surface area (Å²) in [6, 6.07) is 17.7. The Labute approximate surface area is 214 Å². The number of hydrogen-bond acceptors (Lipinski definition) is 3. The molecule has 0 aliphatic heterocycles. The normalized spacial score (nSPS) is 11.5. The van der Waals surface area contributed by atoms with Crippen molar-refractivity contribution in [2.24, 2.45) is 0 Å². The molecular formula is C29H29F3N2O3. The minimum absolute atomic E-state index is 0.167. The number of ether oxygens (including phenoxy) is 2. The lowest BCUT2D eigenvalue weighted by atomic mass is 9.97. The van der Waals surface area contributed by atoms with Gasteiger partial charge in [0, 0.05) is 41.3 Å². The van der Waals surface area contributed by atoms with Crippen LogP contribution in [-0.4, -0.2) is 35.0 Å². The van der Waals surface area contributed by atoms with Crippen molar-refractivity contribution in [1.82, 2.24) is 9.47 Å². The fraction of sp³-hybridized carbons (Fsp3) is 0.276. The molecule has 4 aromatic rings. The van der Waals surface area contributed by atoms with Gasteiger partial charge in [0.1, 0.15) is 11.5 Å². The zero-order valence-electron chi connectivity index (χ0n) is 21.2. The number of carbonyl (C=O) groups excluding carboxylic acids is 1. The van der Waals surface area contributed by atoms with Crippen LogP contribution in [0.25, 0.3) is 22.0 Å². The van der Waals surface area contributed by atoms with Crippen molar-refractivity contribution < 1.29 is 27.4 Å². The number of alkyl halides is 3. The summed E-state index contributed by atoms with van der Waals surface area (Å²) in [5.74, 6) is 0.184. The largest absolute Gasteiger partial charge is 0.573 e. The third kappa shape index (κ3) is 5.90. The van der Waals surface area contributed by atoms with Crippen LogP contribution in [-0.2, 0) is 6.54 Å². The summed E-state index contributed by atoms with van der Waals surface area (Å²) < 4.78 is 50.8. The molecule has 0 aliphatic carbocycles. The highest BCUT2D eigenvalue weighted by molar-refractivity contribution is 6.00. The number of hydrogen-bond donors (Lipinski definition) is 0. The minimum Gasteiger partial charge on any atom is -0.410 e. The molecule has 8 heteroatoms. The van der Waals surface area contributed by atoms with E-state index in [9.17, 15) is 18.0 Å². The Morgan fingerprint density at radius 3 is 2.24 bits per heavy atom. The number of benzene rings is 3. The van der Waals surface area contributed by atoms with Gasteiger partial charge in [-0.2, -0.15) is 0 Å². The number of aromatic nitrogens is 1. The molecule has 37 heavy (non-hydrogen) atoms. The maximum absolute atomic E-state index is 12.9. The van der Waals surface area contributed by atoms with Gasteiger partial charge in [0.2, 0.25) is 0 Å². The number of nitrogens with zero attached hydrogens (tertiary/aromatic N) is 2. The van der Waals surface area contributed by atoms with Gasteiger partial charge in [-0.3, -0.25) is 0 Å². The Balaban J connectivity index is 1.82. The Morgan fingerprint density at radius 1 is 0.919 bits per heavy atom. The van der Waals surface area contributed by atoms with E-state index in [0.717, 1.165) is 33.2 Å². The summed E-state index contributed by atoms with van der Waals surface area (Å²) in [5.41, 5.74) is 4.95. The molecule has 1 amide bonds. The van der Waals surface area contributed by atoms with Gasteiger partial charge in [-0.05, 0) is 57.5 Å². The Bertz CT molecular complexity index is 1400. The van der Waals surface area contributed by atoms with Crippen molar-refractivity contribution in [2.45, 2.75) is 40.6 Å². The topological polar surface area (TPSA) is 43.7 Å². The third-order valence-corrected chi connectivity index (χ3v) is 6.18. The molecule has 0 bridgehead atoms. The Morgan fingerprint density at radius 2 is 1.59 bits per heavy atom. The lowest BCUT2D eigenvalue weighted by Gasteiger charge is -2.20. The smallest absolute Gasteiger partial charge is 0.410 e. The average Bonchev–Trinajstić information content (AvgIpc) is 3.22. The molecule has 4 rings (SSSR count). The second-order valence-electron chi connectivity index (χ2n) is 8.89. The average molecular weight is 511 g/mol. The van der Waals surface area contributed by atoms with E-state index in [2.05, 4.69) is 10.8 Å². The molecule has 0 saturated heterocycles. The van der Waals surface area contributed by atoms with Crippen molar-refractivity contribution in [3.05, 3.63) is 83.6 Å². The monoisotopic (exact) mass is 510 g/mol. The third-order valence-electron chi connectivity index (χ3n) is 6.18.